The molecule has 158 valence electrons. The Morgan fingerprint density at radius 3 is 2.30 bits per heavy atom. The number of ether oxygens (including phenoxy) is 6. The molecule has 1 saturated heterocycles. The average molecular weight is 414 g/mol. The van der Waals surface area contributed by atoms with Crippen LogP contribution in [0.5, 0.6) is 28.7 Å². The van der Waals surface area contributed by atoms with Gasteiger partial charge in [-0.05, 0) is 35.4 Å². The molecule has 2 aromatic carbocycles. The summed E-state index contributed by atoms with van der Waals surface area (Å²) >= 11 is 0. The maximum Gasteiger partial charge on any atom is 0.231 e. The van der Waals surface area contributed by atoms with Crippen LogP contribution in [0.25, 0.3) is 0 Å². The normalized spacial score (nSPS) is 26.2. The van der Waals surface area contributed by atoms with Gasteiger partial charge in [0.15, 0.2) is 34.4 Å². The fourth-order valence-corrected chi connectivity index (χ4v) is 4.75. The first-order valence-corrected chi connectivity index (χ1v) is 9.60. The van der Waals surface area contributed by atoms with Crippen molar-refractivity contribution < 1.29 is 38.3 Å². The van der Waals surface area contributed by atoms with Gasteiger partial charge in [0.2, 0.25) is 12.5 Å². The molecule has 30 heavy (non-hydrogen) atoms. The van der Waals surface area contributed by atoms with E-state index in [4.69, 9.17) is 28.4 Å². The van der Waals surface area contributed by atoms with E-state index in [1.807, 2.05) is 18.2 Å². The van der Waals surface area contributed by atoms with Crippen LogP contribution in [0.3, 0.4) is 0 Å². The molecule has 0 saturated carbocycles. The Bertz CT molecular complexity index is 1010. The molecule has 8 nitrogen and oxygen atoms in total. The second-order valence-electron chi connectivity index (χ2n) is 7.60. The second-order valence-corrected chi connectivity index (χ2v) is 7.60. The van der Waals surface area contributed by atoms with Crippen LogP contribution in [0.1, 0.15) is 27.4 Å². The molecule has 5 rings (SSSR count). The Labute approximate surface area is 173 Å². The molecule has 3 atom stereocenters. The topological polar surface area (TPSA) is 92.7 Å². The van der Waals surface area contributed by atoms with Gasteiger partial charge in [-0.3, -0.25) is 4.79 Å². The molecular weight excluding hydrogens is 392 g/mol. The molecule has 0 bridgehead atoms. The highest BCUT2D eigenvalue weighted by Gasteiger charge is 2.57. The van der Waals surface area contributed by atoms with Crippen LogP contribution in [0.2, 0.25) is 0 Å². The summed E-state index contributed by atoms with van der Waals surface area (Å²) in [6.07, 6.45) is 0. The smallest absolute Gasteiger partial charge is 0.231 e. The van der Waals surface area contributed by atoms with Gasteiger partial charge in [0.25, 0.3) is 0 Å². The number of hydrogen-bond donors (Lipinski definition) is 1. The summed E-state index contributed by atoms with van der Waals surface area (Å²) in [6, 6.07) is 7.16. The van der Waals surface area contributed by atoms with E-state index in [0.717, 1.165) is 11.1 Å². The minimum atomic E-state index is -1.62. The zero-order chi connectivity index (χ0) is 21.0. The summed E-state index contributed by atoms with van der Waals surface area (Å²) < 4.78 is 33.1. The van der Waals surface area contributed by atoms with E-state index >= 15 is 0 Å². The first-order valence-electron chi connectivity index (χ1n) is 9.60. The molecule has 1 aliphatic carbocycles. The zero-order valence-electron chi connectivity index (χ0n) is 16.9. The van der Waals surface area contributed by atoms with Gasteiger partial charge in [0.05, 0.1) is 34.5 Å². The molecular formula is C22H22O8. The van der Waals surface area contributed by atoms with Crippen LogP contribution < -0.4 is 23.7 Å². The number of rotatable bonds is 4. The van der Waals surface area contributed by atoms with Crippen LogP contribution in [-0.2, 0) is 4.74 Å². The van der Waals surface area contributed by atoms with Crippen molar-refractivity contribution in [2.75, 3.05) is 41.3 Å². The summed E-state index contributed by atoms with van der Waals surface area (Å²) in [5.41, 5.74) is 0.346. The van der Waals surface area contributed by atoms with E-state index in [1.54, 1.807) is 27.4 Å². The summed E-state index contributed by atoms with van der Waals surface area (Å²) in [6.45, 7) is 0.292. The highest BCUT2D eigenvalue weighted by molar-refractivity contribution is 6.06. The van der Waals surface area contributed by atoms with Gasteiger partial charge in [-0.2, -0.15) is 0 Å². The number of fused-ring (bicyclic) bond motifs is 3. The molecule has 8 heteroatoms. The van der Waals surface area contributed by atoms with E-state index in [0.29, 0.717) is 34.3 Å². The van der Waals surface area contributed by atoms with E-state index in [2.05, 4.69) is 0 Å². The minimum Gasteiger partial charge on any atom is -0.493 e. The highest BCUT2D eigenvalue weighted by Crippen LogP contribution is 2.53. The molecule has 3 unspecified atom stereocenters. The van der Waals surface area contributed by atoms with Gasteiger partial charge in [-0.25, -0.2) is 0 Å². The number of methoxy groups -OCH3 is 3. The van der Waals surface area contributed by atoms with Crippen molar-refractivity contribution in [1.29, 1.82) is 0 Å². The van der Waals surface area contributed by atoms with Crippen LogP contribution in [0.4, 0.5) is 0 Å². The summed E-state index contributed by atoms with van der Waals surface area (Å²) in [5, 5.41) is 11.3. The third-order valence-electron chi connectivity index (χ3n) is 6.20. The molecule has 1 fully saturated rings. The number of carbonyl (C=O) groups is 1. The SMILES string of the molecule is COc1cc(C2c3cc4c(cc3C(=O)C3(O)COCC23)OCO4)cc(OC)c1OC. The van der Waals surface area contributed by atoms with Gasteiger partial charge in [-0.15, -0.1) is 0 Å². The van der Waals surface area contributed by atoms with Crippen LogP contribution in [0.15, 0.2) is 24.3 Å². The van der Waals surface area contributed by atoms with E-state index in [-0.39, 0.29) is 31.7 Å². The Kier molecular flexibility index (Phi) is 4.30. The molecule has 2 heterocycles. The lowest BCUT2D eigenvalue weighted by atomic mass is 9.65. The number of carbonyl (C=O) groups excluding carboxylic acids is 1. The van der Waals surface area contributed by atoms with E-state index in [1.165, 1.54) is 0 Å². The lowest BCUT2D eigenvalue weighted by molar-refractivity contribution is 0.00355. The quantitative estimate of drug-likeness (QED) is 0.814. The van der Waals surface area contributed by atoms with Crippen LogP contribution >= 0.6 is 0 Å². The fraction of sp³-hybridized carbons (Fsp3) is 0.409. The van der Waals surface area contributed by atoms with Crippen molar-refractivity contribution in [2.45, 2.75) is 11.5 Å². The standard InChI is InChI=1S/C22H22O8/c1-25-17-4-11(5-18(26-2)20(17)27-3)19-12-6-15-16(30-10-29-15)7-13(12)21(23)22(24)9-28-8-14(19)22/h4-7,14,19,24H,8-10H2,1-3H3. The van der Waals surface area contributed by atoms with Crippen molar-refractivity contribution in [1.82, 2.24) is 0 Å². The lowest BCUT2D eigenvalue weighted by Gasteiger charge is -2.39. The maximum absolute atomic E-state index is 13.2. The molecule has 0 radical (unpaired) electrons. The summed E-state index contributed by atoms with van der Waals surface area (Å²) in [5.74, 6) is 1.34. The number of ketones is 1. The third-order valence-corrected chi connectivity index (χ3v) is 6.20. The van der Waals surface area contributed by atoms with Crippen molar-refractivity contribution in [2.24, 2.45) is 5.92 Å². The highest BCUT2D eigenvalue weighted by atomic mass is 16.7. The third kappa shape index (κ3) is 2.50. The monoisotopic (exact) mass is 414 g/mol. The van der Waals surface area contributed by atoms with Crippen molar-refractivity contribution in [3.63, 3.8) is 0 Å². The largest absolute Gasteiger partial charge is 0.493 e. The Morgan fingerprint density at radius 1 is 1.00 bits per heavy atom. The maximum atomic E-state index is 13.2. The predicted octanol–water partition coefficient (Wildman–Crippen LogP) is 2.15. The van der Waals surface area contributed by atoms with Gasteiger partial charge >= 0.3 is 0 Å². The van der Waals surface area contributed by atoms with Crippen molar-refractivity contribution in [3.8, 4) is 28.7 Å². The summed E-state index contributed by atoms with van der Waals surface area (Å²) in [7, 11) is 4.64. The number of benzene rings is 2. The van der Waals surface area contributed by atoms with Crippen LogP contribution in [0, 0.1) is 5.92 Å². The Hall–Kier alpha value is -2.97. The van der Waals surface area contributed by atoms with Gasteiger partial charge in [0, 0.05) is 17.4 Å². The molecule has 0 amide bonds. The number of aliphatic hydroxyl groups is 1. The number of Topliss-reactive ketones (excluding diaryl/α,β-unsaturated/α-hetero) is 1. The van der Waals surface area contributed by atoms with Gasteiger partial charge in [0.1, 0.15) is 0 Å². The zero-order valence-corrected chi connectivity index (χ0v) is 16.9. The number of hydrogen-bond acceptors (Lipinski definition) is 8. The predicted molar refractivity (Wildman–Crippen MR) is 104 cm³/mol. The minimum absolute atomic E-state index is 0.0503. The Balaban J connectivity index is 1.75. The van der Waals surface area contributed by atoms with Crippen LogP contribution in [-0.4, -0.2) is 57.8 Å². The second kappa shape index (κ2) is 6.78. The Morgan fingerprint density at radius 2 is 1.67 bits per heavy atom. The van der Waals surface area contributed by atoms with E-state index < -0.39 is 11.5 Å². The van der Waals surface area contributed by atoms with Gasteiger partial charge < -0.3 is 33.5 Å². The molecule has 2 aromatic rings. The molecule has 0 spiro atoms. The van der Waals surface area contributed by atoms with Gasteiger partial charge in [-0.1, -0.05) is 0 Å². The molecule has 1 N–H and O–H groups in total. The molecule has 2 aliphatic heterocycles. The average Bonchev–Trinajstić information content (AvgIpc) is 3.38. The lowest BCUT2D eigenvalue weighted by Crippen LogP contribution is -2.51. The molecule has 3 aliphatic rings. The summed E-state index contributed by atoms with van der Waals surface area (Å²) in [4.78, 5) is 13.2. The fourth-order valence-electron chi connectivity index (χ4n) is 4.75. The van der Waals surface area contributed by atoms with Crippen molar-refractivity contribution in [3.05, 3.63) is 41.0 Å². The molecule has 0 aromatic heterocycles. The first kappa shape index (κ1) is 19.0. The first-order chi connectivity index (χ1) is 14.5. The van der Waals surface area contributed by atoms with Crippen molar-refractivity contribution >= 4 is 5.78 Å². The van der Waals surface area contributed by atoms with E-state index in [9.17, 15) is 9.90 Å².